The van der Waals surface area contributed by atoms with Crippen LogP contribution in [0.1, 0.15) is 25.2 Å². The largest absolute Gasteiger partial charge is 0.326 e. The van der Waals surface area contributed by atoms with Crippen LogP contribution in [-0.2, 0) is 13.1 Å². The van der Waals surface area contributed by atoms with Crippen molar-refractivity contribution in [3.05, 3.63) is 17.5 Å². The molecule has 2 rings (SSSR count). The molecule has 0 aromatic carbocycles. The standard InChI is InChI=1S/C12H22N4/c1-4-16-11(5-10(3)14-16)7-15-6-9(2)12(13)8-15/h5,9,12H,4,6-8,13H2,1-3H3. The number of nitrogens with zero attached hydrogens (tertiary/aromatic N) is 3. The van der Waals surface area contributed by atoms with E-state index in [2.05, 4.69) is 34.6 Å². The molecule has 2 atom stereocenters. The molecule has 0 aliphatic carbocycles. The maximum absolute atomic E-state index is 6.03. The van der Waals surface area contributed by atoms with E-state index < -0.39 is 0 Å². The summed E-state index contributed by atoms with van der Waals surface area (Å²) in [4.78, 5) is 2.43. The van der Waals surface area contributed by atoms with Crippen LogP contribution in [0.2, 0.25) is 0 Å². The lowest BCUT2D eigenvalue weighted by Crippen LogP contribution is -2.28. The predicted molar refractivity (Wildman–Crippen MR) is 65.1 cm³/mol. The second kappa shape index (κ2) is 4.55. The zero-order valence-electron chi connectivity index (χ0n) is 10.5. The van der Waals surface area contributed by atoms with Crippen LogP contribution < -0.4 is 5.73 Å². The molecule has 1 aliphatic rings. The minimum atomic E-state index is 0.332. The summed E-state index contributed by atoms with van der Waals surface area (Å²) in [6, 6.07) is 2.51. The van der Waals surface area contributed by atoms with E-state index in [1.54, 1.807) is 0 Å². The molecule has 0 radical (unpaired) electrons. The monoisotopic (exact) mass is 222 g/mol. The van der Waals surface area contributed by atoms with Crippen LogP contribution in [0.4, 0.5) is 0 Å². The highest BCUT2D eigenvalue weighted by atomic mass is 15.3. The highest BCUT2D eigenvalue weighted by Crippen LogP contribution is 2.17. The van der Waals surface area contributed by atoms with Crippen LogP contribution in [-0.4, -0.2) is 33.8 Å². The van der Waals surface area contributed by atoms with Crippen molar-refractivity contribution in [3.8, 4) is 0 Å². The molecule has 0 saturated carbocycles. The fraction of sp³-hybridized carbons (Fsp3) is 0.750. The molecule has 4 nitrogen and oxygen atoms in total. The summed E-state index contributed by atoms with van der Waals surface area (Å²) in [5.74, 6) is 0.610. The third-order valence-corrected chi connectivity index (χ3v) is 3.42. The van der Waals surface area contributed by atoms with Gasteiger partial charge in [0.2, 0.25) is 0 Å². The van der Waals surface area contributed by atoms with Crippen LogP contribution in [0.3, 0.4) is 0 Å². The summed E-state index contributed by atoms with van der Waals surface area (Å²) in [6.45, 7) is 10.4. The Morgan fingerprint density at radius 1 is 1.50 bits per heavy atom. The molecule has 2 unspecified atom stereocenters. The Kier molecular flexibility index (Phi) is 3.30. The van der Waals surface area contributed by atoms with Gasteiger partial charge < -0.3 is 5.73 Å². The van der Waals surface area contributed by atoms with Crippen molar-refractivity contribution >= 4 is 0 Å². The number of aromatic nitrogens is 2. The lowest BCUT2D eigenvalue weighted by atomic mass is 10.1. The number of rotatable bonds is 3. The van der Waals surface area contributed by atoms with Gasteiger partial charge in [0.05, 0.1) is 11.4 Å². The predicted octanol–water partition coefficient (Wildman–Crippen LogP) is 0.990. The number of nitrogens with two attached hydrogens (primary N) is 1. The normalized spacial score (nSPS) is 26.5. The molecule has 1 aromatic rings. The van der Waals surface area contributed by atoms with Crippen molar-refractivity contribution in [2.75, 3.05) is 13.1 Å². The zero-order chi connectivity index (χ0) is 11.7. The lowest BCUT2D eigenvalue weighted by molar-refractivity contribution is 0.307. The molecule has 90 valence electrons. The van der Waals surface area contributed by atoms with Gasteiger partial charge >= 0.3 is 0 Å². The smallest absolute Gasteiger partial charge is 0.0597 e. The van der Waals surface area contributed by atoms with Gasteiger partial charge in [-0.15, -0.1) is 0 Å². The van der Waals surface area contributed by atoms with Gasteiger partial charge in [0.1, 0.15) is 0 Å². The van der Waals surface area contributed by atoms with Gasteiger partial charge in [0, 0.05) is 32.2 Å². The van der Waals surface area contributed by atoms with E-state index in [4.69, 9.17) is 5.73 Å². The van der Waals surface area contributed by atoms with Gasteiger partial charge in [-0.05, 0) is 25.8 Å². The molecule has 1 fully saturated rings. The molecule has 1 saturated heterocycles. The molecule has 0 spiro atoms. The Morgan fingerprint density at radius 3 is 2.81 bits per heavy atom. The highest BCUT2D eigenvalue weighted by molar-refractivity contribution is 5.09. The Hall–Kier alpha value is -0.870. The summed E-state index contributed by atoms with van der Waals surface area (Å²) in [6.07, 6.45) is 0. The molecule has 4 heteroatoms. The molecule has 16 heavy (non-hydrogen) atoms. The quantitative estimate of drug-likeness (QED) is 0.829. The molecular weight excluding hydrogens is 200 g/mol. The van der Waals surface area contributed by atoms with Crippen LogP contribution in [0.15, 0.2) is 6.07 Å². The fourth-order valence-electron chi connectivity index (χ4n) is 2.45. The summed E-state index contributed by atoms with van der Waals surface area (Å²) >= 11 is 0. The van der Waals surface area contributed by atoms with E-state index in [-0.39, 0.29) is 0 Å². The zero-order valence-corrected chi connectivity index (χ0v) is 10.5. The minimum Gasteiger partial charge on any atom is -0.326 e. The molecule has 1 aliphatic heterocycles. The number of hydrogen-bond acceptors (Lipinski definition) is 3. The minimum absolute atomic E-state index is 0.332. The molecule has 2 heterocycles. The first-order valence-corrected chi connectivity index (χ1v) is 6.11. The van der Waals surface area contributed by atoms with Gasteiger partial charge in [-0.1, -0.05) is 6.92 Å². The third kappa shape index (κ3) is 2.28. The Labute approximate surface area is 97.4 Å². The first-order chi connectivity index (χ1) is 7.60. The molecule has 1 aromatic heterocycles. The second-order valence-electron chi connectivity index (χ2n) is 4.93. The molecule has 2 N–H and O–H groups in total. The van der Waals surface area contributed by atoms with E-state index in [1.165, 1.54) is 5.69 Å². The first-order valence-electron chi connectivity index (χ1n) is 6.11. The van der Waals surface area contributed by atoms with Crippen LogP contribution in [0.5, 0.6) is 0 Å². The van der Waals surface area contributed by atoms with E-state index in [9.17, 15) is 0 Å². The van der Waals surface area contributed by atoms with Crippen molar-refractivity contribution in [2.45, 2.75) is 39.9 Å². The van der Waals surface area contributed by atoms with E-state index >= 15 is 0 Å². The van der Waals surface area contributed by atoms with Gasteiger partial charge in [0.25, 0.3) is 0 Å². The van der Waals surface area contributed by atoms with Gasteiger partial charge in [-0.3, -0.25) is 9.58 Å². The maximum atomic E-state index is 6.03. The maximum Gasteiger partial charge on any atom is 0.0597 e. The SMILES string of the molecule is CCn1nc(C)cc1CN1CC(C)C(N)C1. The highest BCUT2D eigenvalue weighted by Gasteiger charge is 2.26. The van der Waals surface area contributed by atoms with Gasteiger partial charge in [-0.2, -0.15) is 5.10 Å². The Bertz CT molecular complexity index is 348. The van der Waals surface area contributed by atoms with Crippen molar-refractivity contribution in [1.82, 2.24) is 14.7 Å². The summed E-state index contributed by atoms with van der Waals surface area (Å²) in [7, 11) is 0. The lowest BCUT2D eigenvalue weighted by Gasteiger charge is -2.15. The van der Waals surface area contributed by atoms with Crippen LogP contribution >= 0.6 is 0 Å². The first kappa shape index (κ1) is 11.6. The average molecular weight is 222 g/mol. The van der Waals surface area contributed by atoms with E-state index in [1.807, 2.05) is 6.92 Å². The van der Waals surface area contributed by atoms with Crippen LogP contribution in [0, 0.1) is 12.8 Å². The molecule has 0 amide bonds. The van der Waals surface area contributed by atoms with Crippen molar-refractivity contribution in [2.24, 2.45) is 11.7 Å². The van der Waals surface area contributed by atoms with Gasteiger partial charge in [0.15, 0.2) is 0 Å². The Balaban J connectivity index is 2.04. The summed E-state index contributed by atoms with van der Waals surface area (Å²) in [5.41, 5.74) is 8.45. The van der Waals surface area contributed by atoms with Crippen molar-refractivity contribution < 1.29 is 0 Å². The van der Waals surface area contributed by atoms with Crippen molar-refractivity contribution in [1.29, 1.82) is 0 Å². The summed E-state index contributed by atoms with van der Waals surface area (Å²) < 4.78 is 2.09. The third-order valence-electron chi connectivity index (χ3n) is 3.42. The molecular formula is C12H22N4. The van der Waals surface area contributed by atoms with E-state index in [0.717, 1.165) is 31.9 Å². The number of hydrogen-bond donors (Lipinski definition) is 1. The second-order valence-corrected chi connectivity index (χ2v) is 4.93. The van der Waals surface area contributed by atoms with Crippen LogP contribution in [0.25, 0.3) is 0 Å². The number of likely N-dealkylation sites (tertiary alicyclic amines) is 1. The summed E-state index contributed by atoms with van der Waals surface area (Å²) in [5, 5.41) is 4.47. The fourth-order valence-corrected chi connectivity index (χ4v) is 2.45. The number of aryl methyl sites for hydroxylation is 2. The topological polar surface area (TPSA) is 47.1 Å². The average Bonchev–Trinajstić information content (AvgIpc) is 2.72. The van der Waals surface area contributed by atoms with Gasteiger partial charge in [-0.25, -0.2) is 0 Å². The van der Waals surface area contributed by atoms with Crippen molar-refractivity contribution in [3.63, 3.8) is 0 Å². The Morgan fingerprint density at radius 2 is 2.25 bits per heavy atom. The molecule has 0 bridgehead atoms. The van der Waals surface area contributed by atoms with E-state index in [0.29, 0.717) is 12.0 Å².